The molecule has 1 aromatic carbocycles. The van der Waals surface area contributed by atoms with Crippen LogP contribution in [0.25, 0.3) is 0 Å². The third-order valence-electron chi connectivity index (χ3n) is 5.33. The van der Waals surface area contributed by atoms with E-state index in [1.807, 2.05) is 6.07 Å². The van der Waals surface area contributed by atoms with Gasteiger partial charge in [-0.25, -0.2) is 0 Å². The molecule has 1 aliphatic rings. The van der Waals surface area contributed by atoms with E-state index in [-0.39, 0.29) is 11.0 Å². The number of phenols is 1. The van der Waals surface area contributed by atoms with E-state index in [1.54, 1.807) is 0 Å². The minimum atomic E-state index is -0.0738. The van der Waals surface area contributed by atoms with Gasteiger partial charge in [0.15, 0.2) is 0 Å². The first-order valence-electron chi connectivity index (χ1n) is 9.80. The molecule has 0 aliphatic carbocycles. The van der Waals surface area contributed by atoms with Crippen LogP contribution >= 0.6 is 0 Å². The van der Waals surface area contributed by atoms with Crippen molar-refractivity contribution in [1.29, 1.82) is 0 Å². The molecule has 1 atom stereocenters. The Morgan fingerprint density at radius 3 is 2.42 bits per heavy atom. The van der Waals surface area contributed by atoms with Crippen molar-refractivity contribution in [2.45, 2.75) is 103 Å². The molecular weight excluding hydrogens is 296 g/mol. The summed E-state index contributed by atoms with van der Waals surface area (Å²) in [6.07, 6.45) is 11.1. The maximum Gasteiger partial charge on any atom is 0.123 e. The van der Waals surface area contributed by atoms with Crippen molar-refractivity contribution in [2.75, 3.05) is 0 Å². The highest BCUT2D eigenvalue weighted by Crippen LogP contribution is 2.42. The van der Waals surface area contributed by atoms with Gasteiger partial charge in [0.05, 0.1) is 0 Å². The summed E-state index contributed by atoms with van der Waals surface area (Å²) >= 11 is 0. The Labute approximate surface area is 148 Å². The number of aromatic hydroxyl groups is 1. The van der Waals surface area contributed by atoms with Gasteiger partial charge < -0.3 is 9.84 Å². The Balaban J connectivity index is 1.99. The topological polar surface area (TPSA) is 29.5 Å². The van der Waals surface area contributed by atoms with Gasteiger partial charge in [-0.2, -0.15) is 0 Å². The van der Waals surface area contributed by atoms with Crippen LogP contribution < -0.4 is 4.74 Å². The van der Waals surface area contributed by atoms with Crippen molar-refractivity contribution < 1.29 is 9.84 Å². The van der Waals surface area contributed by atoms with Gasteiger partial charge in [-0.05, 0) is 55.7 Å². The predicted molar refractivity (Wildman–Crippen MR) is 102 cm³/mol. The van der Waals surface area contributed by atoms with Crippen LogP contribution in [0.15, 0.2) is 12.1 Å². The summed E-state index contributed by atoms with van der Waals surface area (Å²) in [5.41, 5.74) is 2.01. The second-order valence-electron chi connectivity index (χ2n) is 8.80. The van der Waals surface area contributed by atoms with Crippen LogP contribution in [0.2, 0.25) is 0 Å². The third kappa shape index (κ3) is 4.91. The molecule has 2 nitrogen and oxygen atoms in total. The second-order valence-corrected chi connectivity index (χ2v) is 8.80. The molecular formula is C22H36O2. The molecule has 0 aromatic heterocycles. The highest BCUT2D eigenvalue weighted by atomic mass is 16.5. The fraction of sp³-hybridized carbons (Fsp3) is 0.727. The maximum absolute atomic E-state index is 10.3. The zero-order chi connectivity index (χ0) is 17.8. The van der Waals surface area contributed by atoms with E-state index in [0.29, 0.717) is 5.75 Å². The molecule has 2 heteroatoms. The molecule has 0 amide bonds. The predicted octanol–water partition coefficient (Wildman–Crippen LogP) is 6.52. The summed E-state index contributed by atoms with van der Waals surface area (Å²) in [6, 6.07) is 3.99. The fourth-order valence-corrected chi connectivity index (χ4v) is 3.67. The standard InChI is InChI=1S/C22H36O2/c1-6-7-8-9-10-11-13-22(5)14-12-17-15-19(23)18(21(2,3)4)16-20(17)24-22/h15-16,23H,6-14H2,1-5H3. The van der Waals surface area contributed by atoms with Gasteiger partial charge in [-0.3, -0.25) is 0 Å². The fourth-order valence-electron chi connectivity index (χ4n) is 3.67. The second kappa shape index (κ2) is 7.80. The number of aryl methyl sites for hydroxylation is 1. The largest absolute Gasteiger partial charge is 0.508 e. The van der Waals surface area contributed by atoms with Gasteiger partial charge in [-0.15, -0.1) is 0 Å². The number of phenolic OH excluding ortho intramolecular Hbond substituents is 1. The number of hydrogen-bond donors (Lipinski definition) is 1. The number of benzene rings is 1. The molecule has 1 unspecified atom stereocenters. The summed E-state index contributed by atoms with van der Waals surface area (Å²) in [6.45, 7) is 10.9. The van der Waals surface area contributed by atoms with E-state index in [0.717, 1.165) is 36.1 Å². The van der Waals surface area contributed by atoms with Crippen molar-refractivity contribution in [3.05, 3.63) is 23.3 Å². The van der Waals surface area contributed by atoms with Crippen LogP contribution in [0, 0.1) is 0 Å². The molecule has 0 fully saturated rings. The summed E-state index contributed by atoms with van der Waals surface area (Å²) in [5, 5.41) is 10.3. The Bertz CT molecular complexity index is 542. The molecule has 1 aliphatic heterocycles. The number of unbranched alkanes of at least 4 members (excludes halogenated alkanes) is 5. The van der Waals surface area contributed by atoms with Gasteiger partial charge in [0.25, 0.3) is 0 Å². The molecule has 1 aromatic rings. The summed E-state index contributed by atoms with van der Waals surface area (Å²) in [4.78, 5) is 0. The van der Waals surface area contributed by atoms with E-state index >= 15 is 0 Å². The molecule has 0 saturated heterocycles. The van der Waals surface area contributed by atoms with Crippen LogP contribution in [0.4, 0.5) is 0 Å². The first-order valence-corrected chi connectivity index (χ1v) is 9.80. The minimum Gasteiger partial charge on any atom is -0.508 e. The molecule has 2 rings (SSSR count). The summed E-state index contributed by atoms with van der Waals surface area (Å²) in [7, 11) is 0. The van der Waals surface area contributed by atoms with Crippen LogP contribution in [0.5, 0.6) is 11.5 Å². The van der Waals surface area contributed by atoms with E-state index in [4.69, 9.17) is 4.74 Å². The molecule has 0 radical (unpaired) electrons. The van der Waals surface area contributed by atoms with E-state index < -0.39 is 0 Å². The quantitative estimate of drug-likeness (QED) is 0.576. The average Bonchev–Trinajstić information content (AvgIpc) is 2.49. The van der Waals surface area contributed by atoms with E-state index in [1.165, 1.54) is 38.5 Å². The molecule has 24 heavy (non-hydrogen) atoms. The molecule has 1 heterocycles. The van der Waals surface area contributed by atoms with Crippen LogP contribution in [0.3, 0.4) is 0 Å². The van der Waals surface area contributed by atoms with Gasteiger partial charge in [-0.1, -0.05) is 59.8 Å². The molecule has 1 N–H and O–H groups in total. The van der Waals surface area contributed by atoms with Crippen LogP contribution in [-0.2, 0) is 11.8 Å². The minimum absolute atomic E-state index is 0.0517. The highest BCUT2D eigenvalue weighted by molar-refractivity contribution is 5.49. The molecule has 136 valence electrons. The van der Waals surface area contributed by atoms with Crippen LogP contribution in [-0.4, -0.2) is 10.7 Å². The Kier molecular flexibility index (Phi) is 6.22. The van der Waals surface area contributed by atoms with Crippen molar-refractivity contribution in [3.63, 3.8) is 0 Å². The van der Waals surface area contributed by atoms with Crippen molar-refractivity contribution in [3.8, 4) is 11.5 Å². The Hall–Kier alpha value is -1.18. The van der Waals surface area contributed by atoms with E-state index in [2.05, 4.69) is 40.7 Å². The third-order valence-corrected chi connectivity index (χ3v) is 5.33. The van der Waals surface area contributed by atoms with Gasteiger partial charge in [0, 0.05) is 5.56 Å². The average molecular weight is 333 g/mol. The number of fused-ring (bicyclic) bond motifs is 1. The number of ether oxygens (including phenoxy) is 1. The lowest BCUT2D eigenvalue weighted by Crippen LogP contribution is -2.36. The maximum atomic E-state index is 10.3. The zero-order valence-corrected chi connectivity index (χ0v) is 16.4. The lowest BCUT2D eigenvalue weighted by Gasteiger charge is -2.37. The first kappa shape index (κ1) is 19.1. The SMILES string of the molecule is CCCCCCCCC1(C)CCc2cc(O)c(C(C)(C)C)cc2O1. The van der Waals surface area contributed by atoms with Crippen molar-refractivity contribution >= 4 is 0 Å². The lowest BCUT2D eigenvalue weighted by molar-refractivity contribution is 0.0531. The Morgan fingerprint density at radius 1 is 1.08 bits per heavy atom. The monoisotopic (exact) mass is 332 g/mol. The molecule has 0 spiro atoms. The van der Waals surface area contributed by atoms with Crippen molar-refractivity contribution in [2.24, 2.45) is 0 Å². The molecule has 0 bridgehead atoms. The summed E-state index contributed by atoms with van der Waals surface area (Å²) < 4.78 is 6.43. The smallest absolute Gasteiger partial charge is 0.123 e. The van der Waals surface area contributed by atoms with Gasteiger partial charge in [0.2, 0.25) is 0 Å². The number of hydrogen-bond acceptors (Lipinski definition) is 2. The van der Waals surface area contributed by atoms with E-state index in [9.17, 15) is 5.11 Å². The zero-order valence-electron chi connectivity index (χ0n) is 16.4. The first-order chi connectivity index (χ1) is 11.2. The van der Waals surface area contributed by atoms with Crippen molar-refractivity contribution in [1.82, 2.24) is 0 Å². The van der Waals surface area contributed by atoms with Gasteiger partial charge in [0.1, 0.15) is 17.1 Å². The molecule has 0 saturated carbocycles. The lowest BCUT2D eigenvalue weighted by atomic mass is 9.83. The normalized spacial score (nSPS) is 20.5. The summed E-state index contributed by atoms with van der Waals surface area (Å²) in [5.74, 6) is 1.39. The van der Waals surface area contributed by atoms with Gasteiger partial charge >= 0.3 is 0 Å². The van der Waals surface area contributed by atoms with Crippen LogP contribution in [0.1, 0.15) is 97.1 Å². The highest BCUT2D eigenvalue weighted by Gasteiger charge is 2.32. The number of rotatable bonds is 7. The Morgan fingerprint density at radius 2 is 1.75 bits per heavy atom.